The Morgan fingerprint density at radius 2 is 1.19 bits per heavy atom. The first-order chi connectivity index (χ1) is 15.7. The summed E-state index contributed by atoms with van der Waals surface area (Å²) >= 11 is 0. The van der Waals surface area contributed by atoms with Crippen molar-refractivity contribution in [1.82, 2.24) is 0 Å². The number of unbranched alkanes of at least 4 members (excludes halogenated alkanes) is 4. The van der Waals surface area contributed by atoms with Gasteiger partial charge < -0.3 is 14.3 Å². The minimum Gasteiger partial charge on any atom is -0.485 e. The molecule has 0 aliphatic rings. The first kappa shape index (κ1) is 23.6. The molecule has 3 heteroatoms. The molecule has 0 aliphatic heterocycles. The van der Waals surface area contributed by atoms with Crippen LogP contribution in [0.25, 0.3) is 0 Å². The summed E-state index contributed by atoms with van der Waals surface area (Å²) in [6.07, 6.45) is 7.40. The molecule has 0 atom stereocenters. The molecule has 32 heavy (non-hydrogen) atoms. The van der Waals surface area contributed by atoms with Gasteiger partial charge in [0.1, 0.15) is 19.0 Å². The Morgan fingerprint density at radius 3 is 1.81 bits per heavy atom. The Kier molecular flexibility index (Phi) is 9.85. The average molecular weight is 431 g/mol. The number of ketones is 1. The summed E-state index contributed by atoms with van der Waals surface area (Å²) in [6.45, 7) is 2.70. The number of aryl methyl sites for hydroxylation is 1. The van der Waals surface area contributed by atoms with Crippen molar-refractivity contribution in [3.63, 3.8) is 0 Å². The quantitative estimate of drug-likeness (QED) is 0.251. The van der Waals surface area contributed by atoms with Gasteiger partial charge in [0.25, 0.3) is 0 Å². The second kappa shape index (κ2) is 13.4. The number of hydrogen-bond acceptors (Lipinski definition) is 3. The van der Waals surface area contributed by atoms with Crippen molar-refractivity contribution >= 4 is 5.78 Å². The standard InChI is InChI=1S/C29H34O3/c1-24(30)13-7-3-2-4-8-14-25-19-20-28(31-22-26-15-9-5-10-16-26)29(21-25)32-23-27-17-11-6-12-18-27/h5-6,9-12,15-21H,2-4,7-8,13-14,22-23H2,1H3. The summed E-state index contributed by atoms with van der Waals surface area (Å²) in [4.78, 5) is 11.0. The third-order valence-corrected chi connectivity index (χ3v) is 5.48. The van der Waals surface area contributed by atoms with Crippen LogP contribution in [0.1, 0.15) is 62.1 Å². The van der Waals surface area contributed by atoms with E-state index in [1.165, 1.54) is 18.4 Å². The van der Waals surface area contributed by atoms with Gasteiger partial charge in [-0.1, -0.05) is 86.0 Å². The Morgan fingerprint density at radius 1 is 0.625 bits per heavy atom. The fourth-order valence-electron chi connectivity index (χ4n) is 3.64. The van der Waals surface area contributed by atoms with Gasteiger partial charge in [-0.05, 0) is 55.0 Å². The van der Waals surface area contributed by atoms with Crippen LogP contribution in [0.15, 0.2) is 78.9 Å². The van der Waals surface area contributed by atoms with Gasteiger partial charge in [0, 0.05) is 6.42 Å². The van der Waals surface area contributed by atoms with Gasteiger partial charge >= 0.3 is 0 Å². The van der Waals surface area contributed by atoms with Crippen molar-refractivity contribution < 1.29 is 14.3 Å². The van der Waals surface area contributed by atoms with Crippen molar-refractivity contribution in [2.75, 3.05) is 0 Å². The van der Waals surface area contributed by atoms with E-state index in [-0.39, 0.29) is 0 Å². The molecular weight excluding hydrogens is 396 g/mol. The number of carbonyl (C=O) groups is 1. The molecule has 0 unspecified atom stereocenters. The smallest absolute Gasteiger partial charge is 0.161 e. The molecule has 0 saturated carbocycles. The summed E-state index contributed by atoms with van der Waals surface area (Å²) in [6, 6.07) is 26.7. The lowest BCUT2D eigenvalue weighted by molar-refractivity contribution is -0.117. The summed E-state index contributed by atoms with van der Waals surface area (Å²) < 4.78 is 12.3. The molecule has 3 aromatic rings. The van der Waals surface area contributed by atoms with Gasteiger partial charge in [-0.2, -0.15) is 0 Å². The highest BCUT2D eigenvalue weighted by molar-refractivity contribution is 5.75. The topological polar surface area (TPSA) is 35.5 Å². The number of rotatable bonds is 14. The SMILES string of the molecule is CC(=O)CCCCCCCc1ccc(OCc2ccccc2)c(OCc2ccccc2)c1. The zero-order chi connectivity index (χ0) is 22.4. The maximum atomic E-state index is 11.0. The largest absolute Gasteiger partial charge is 0.485 e. The van der Waals surface area contributed by atoms with Crippen LogP contribution in [-0.4, -0.2) is 5.78 Å². The lowest BCUT2D eigenvalue weighted by Crippen LogP contribution is -2.01. The van der Waals surface area contributed by atoms with Crippen LogP contribution in [0.2, 0.25) is 0 Å². The fourth-order valence-corrected chi connectivity index (χ4v) is 3.64. The number of benzene rings is 3. The maximum absolute atomic E-state index is 11.0. The molecule has 0 bridgehead atoms. The van der Waals surface area contributed by atoms with Crippen LogP contribution >= 0.6 is 0 Å². The lowest BCUT2D eigenvalue weighted by Gasteiger charge is -2.15. The Balaban J connectivity index is 1.56. The third-order valence-electron chi connectivity index (χ3n) is 5.48. The first-order valence-electron chi connectivity index (χ1n) is 11.7. The van der Waals surface area contributed by atoms with Crippen LogP contribution in [0.5, 0.6) is 11.5 Å². The highest BCUT2D eigenvalue weighted by Crippen LogP contribution is 2.31. The van der Waals surface area contributed by atoms with E-state index < -0.39 is 0 Å². The molecule has 168 valence electrons. The van der Waals surface area contributed by atoms with Gasteiger partial charge in [-0.15, -0.1) is 0 Å². The predicted octanol–water partition coefficient (Wildman–Crippen LogP) is 7.32. The van der Waals surface area contributed by atoms with E-state index in [1.54, 1.807) is 6.92 Å². The van der Waals surface area contributed by atoms with Gasteiger partial charge in [-0.25, -0.2) is 0 Å². The van der Waals surface area contributed by atoms with Crippen molar-refractivity contribution in [1.29, 1.82) is 0 Å². The second-order valence-electron chi connectivity index (χ2n) is 8.30. The Labute approximate surface area is 192 Å². The van der Waals surface area contributed by atoms with E-state index in [9.17, 15) is 4.79 Å². The summed E-state index contributed by atoms with van der Waals surface area (Å²) in [5.74, 6) is 1.86. The molecule has 3 rings (SSSR count). The van der Waals surface area contributed by atoms with E-state index in [2.05, 4.69) is 36.4 Å². The Bertz CT molecular complexity index is 935. The summed E-state index contributed by atoms with van der Waals surface area (Å²) in [5, 5.41) is 0. The normalized spacial score (nSPS) is 10.7. The zero-order valence-corrected chi connectivity index (χ0v) is 19.1. The second-order valence-corrected chi connectivity index (χ2v) is 8.30. The van der Waals surface area contributed by atoms with E-state index in [0.29, 0.717) is 25.4 Å². The molecule has 0 heterocycles. The number of carbonyl (C=O) groups excluding carboxylic acids is 1. The van der Waals surface area contributed by atoms with Crippen molar-refractivity contribution in [3.05, 3.63) is 95.6 Å². The molecule has 0 saturated heterocycles. The molecule has 3 aromatic carbocycles. The van der Waals surface area contributed by atoms with Crippen LogP contribution in [-0.2, 0) is 24.4 Å². The summed E-state index contributed by atoms with van der Waals surface area (Å²) in [5.41, 5.74) is 3.54. The molecular formula is C29H34O3. The highest BCUT2D eigenvalue weighted by Gasteiger charge is 2.08. The zero-order valence-electron chi connectivity index (χ0n) is 19.1. The first-order valence-corrected chi connectivity index (χ1v) is 11.7. The van der Waals surface area contributed by atoms with E-state index >= 15 is 0 Å². The molecule has 0 radical (unpaired) electrons. The van der Waals surface area contributed by atoms with Gasteiger partial charge in [0.2, 0.25) is 0 Å². The number of Topliss-reactive ketones (excluding diaryl/α,β-unsaturated/α-hetero) is 1. The highest BCUT2D eigenvalue weighted by atomic mass is 16.5. The molecule has 0 aliphatic carbocycles. The Hall–Kier alpha value is -3.07. The van der Waals surface area contributed by atoms with Crippen molar-refractivity contribution in [2.24, 2.45) is 0 Å². The molecule has 3 nitrogen and oxygen atoms in total. The predicted molar refractivity (Wildman–Crippen MR) is 130 cm³/mol. The fraction of sp³-hybridized carbons (Fsp3) is 0.345. The monoisotopic (exact) mass is 430 g/mol. The van der Waals surface area contributed by atoms with E-state index in [1.807, 2.05) is 42.5 Å². The van der Waals surface area contributed by atoms with E-state index in [0.717, 1.165) is 48.3 Å². The molecule has 0 spiro atoms. The van der Waals surface area contributed by atoms with Crippen molar-refractivity contribution in [3.8, 4) is 11.5 Å². The minimum atomic E-state index is 0.294. The third kappa shape index (κ3) is 8.58. The molecule has 0 amide bonds. The summed E-state index contributed by atoms with van der Waals surface area (Å²) in [7, 11) is 0. The van der Waals surface area contributed by atoms with Gasteiger partial charge in [-0.3, -0.25) is 0 Å². The average Bonchev–Trinajstić information content (AvgIpc) is 2.82. The van der Waals surface area contributed by atoms with Crippen LogP contribution in [0, 0.1) is 0 Å². The molecule has 0 aromatic heterocycles. The van der Waals surface area contributed by atoms with E-state index in [4.69, 9.17) is 9.47 Å². The maximum Gasteiger partial charge on any atom is 0.161 e. The van der Waals surface area contributed by atoms with Crippen LogP contribution in [0.3, 0.4) is 0 Å². The molecule has 0 fully saturated rings. The van der Waals surface area contributed by atoms with Gasteiger partial charge in [0.05, 0.1) is 0 Å². The number of hydrogen-bond donors (Lipinski definition) is 0. The van der Waals surface area contributed by atoms with Crippen LogP contribution < -0.4 is 9.47 Å². The molecule has 0 N–H and O–H groups in total. The van der Waals surface area contributed by atoms with Crippen LogP contribution in [0.4, 0.5) is 0 Å². The lowest BCUT2D eigenvalue weighted by atomic mass is 10.0. The van der Waals surface area contributed by atoms with Gasteiger partial charge in [0.15, 0.2) is 11.5 Å². The van der Waals surface area contributed by atoms with Crippen molar-refractivity contribution in [2.45, 2.75) is 65.1 Å². The number of ether oxygens (including phenoxy) is 2. The minimum absolute atomic E-state index is 0.294.